The average molecular weight is 218 g/mol. The molecule has 1 fully saturated rings. The smallest absolute Gasteiger partial charge is 0.151 e. The molecule has 0 saturated carbocycles. The molecule has 1 aliphatic rings. The van der Waals surface area contributed by atoms with Crippen LogP contribution in [0.2, 0.25) is 13.1 Å². The maximum atomic E-state index is 10.1. The highest BCUT2D eigenvalue weighted by molar-refractivity contribution is 6.59. The van der Waals surface area contributed by atoms with Crippen LogP contribution < -0.4 is 11.5 Å². The van der Waals surface area contributed by atoms with Gasteiger partial charge >= 0.3 is 0 Å². The molecule has 0 aromatic heterocycles. The maximum Gasteiger partial charge on any atom is 0.151 e. The van der Waals surface area contributed by atoms with Gasteiger partial charge in [-0.25, -0.2) is 0 Å². The molecule has 1 rings (SSSR count). The molecule has 0 radical (unpaired) electrons. The van der Waals surface area contributed by atoms with E-state index in [1.54, 1.807) is 0 Å². The van der Waals surface area contributed by atoms with Crippen LogP contribution in [0.4, 0.5) is 0 Å². The summed E-state index contributed by atoms with van der Waals surface area (Å²) >= 11 is 0. The molecule has 1 aliphatic heterocycles. The molecule has 5 N–H and O–H groups in total. The van der Waals surface area contributed by atoms with Crippen molar-refractivity contribution in [1.29, 1.82) is 0 Å². The van der Waals surface area contributed by atoms with E-state index in [9.17, 15) is 5.11 Å². The maximum absolute atomic E-state index is 10.1. The first kappa shape index (κ1) is 12.1. The minimum atomic E-state index is -1.35. The monoisotopic (exact) mass is 218 g/mol. The molecule has 0 amide bonds. The number of ether oxygens (including phenoxy) is 1. The minimum absolute atomic E-state index is 0.0676. The second kappa shape index (κ2) is 4.28. The van der Waals surface area contributed by atoms with Crippen molar-refractivity contribution in [3.63, 3.8) is 0 Å². The Kier molecular flexibility index (Phi) is 3.71. The summed E-state index contributed by atoms with van der Waals surface area (Å²) in [4.78, 5) is 0. The van der Waals surface area contributed by atoms with Crippen molar-refractivity contribution in [2.75, 3.05) is 13.2 Å². The van der Waals surface area contributed by atoms with Gasteiger partial charge in [0.25, 0.3) is 0 Å². The molecule has 1 heterocycles. The van der Waals surface area contributed by atoms with Crippen LogP contribution in [0.1, 0.15) is 19.3 Å². The van der Waals surface area contributed by atoms with Crippen LogP contribution in [0.25, 0.3) is 0 Å². The van der Waals surface area contributed by atoms with E-state index in [4.69, 9.17) is 16.2 Å². The molecule has 4 nitrogen and oxygen atoms in total. The summed E-state index contributed by atoms with van der Waals surface area (Å²) in [5.74, 6) is 0. The van der Waals surface area contributed by atoms with Crippen LogP contribution in [0.15, 0.2) is 0 Å². The van der Waals surface area contributed by atoms with Gasteiger partial charge in [0.15, 0.2) is 5.72 Å². The summed E-state index contributed by atoms with van der Waals surface area (Å²) in [7, 11) is -1.21. The molecule has 0 spiro atoms. The zero-order chi connectivity index (χ0) is 10.8. The Morgan fingerprint density at radius 3 is 2.50 bits per heavy atom. The third-order valence-corrected chi connectivity index (χ3v) is 6.10. The topological polar surface area (TPSA) is 81.5 Å². The molecule has 0 bridgehead atoms. The van der Waals surface area contributed by atoms with E-state index in [2.05, 4.69) is 13.1 Å². The average Bonchev–Trinajstić information content (AvgIpc) is 2.18. The Balaban J connectivity index is 2.91. The number of nitrogens with two attached hydrogens (primary N) is 2. The number of aliphatic hydroxyl groups is 1. The molecular weight excluding hydrogens is 196 g/mol. The molecule has 2 atom stereocenters. The minimum Gasteiger partial charge on any atom is -0.374 e. The number of hydrogen-bond acceptors (Lipinski definition) is 4. The van der Waals surface area contributed by atoms with E-state index in [0.717, 1.165) is 19.3 Å². The quantitative estimate of drug-likeness (QED) is 0.443. The highest BCUT2D eigenvalue weighted by Gasteiger charge is 2.51. The second-order valence-corrected chi connectivity index (χ2v) is 7.72. The van der Waals surface area contributed by atoms with Gasteiger partial charge in [0.2, 0.25) is 0 Å². The summed E-state index contributed by atoms with van der Waals surface area (Å²) in [6, 6.07) is 0. The van der Waals surface area contributed by atoms with Crippen LogP contribution in [-0.4, -0.2) is 38.0 Å². The van der Waals surface area contributed by atoms with Crippen molar-refractivity contribution < 1.29 is 9.84 Å². The van der Waals surface area contributed by atoms with Gasteiger partial charge in [-0.2, -0.15) is 0 Å². The van der Waals surface area contributed by atoms with Gasteiger partial charge < -0.3 is 21.3 Å². The van der Waals surface area contributed by atoms with Gasteiger partial charge in [-0.1, -0.05) is 13.1 Å². The highest BCUT2D eigenvalue weighted by Crippen LogP contribution is 2.34. The Hall–Kier alpha value is 0.0569. The number of hydrogen-bond donors (Lipinski definition) is 3. The van der Waals surface area contributed by atoms with Crippen LogP contribution in [0, 0.1) is 0 Å². The Bertz CT molecular complexity index is 191. The Morgan fingerprint density at radius 1 is 1.50 bits per heavy atom. The van der Waals surface area contributed by atoms with E-state index >= 15 is 0 Å². The van der Waals surface area contributed by atoms with Gasteiger partial charge in [0.1, 0.15) is 0 Å². The van der Waals surface area contributed by atoms with Crippen LogP contribution in [0.3, 0.4) is 0 Å². The van der Waals surface area contributed by atoms with Crippen molar-refractivity contribution in [3.8, 4) is 0 Å². The van der Waals surface area contributed by atoms with Crippen molar-refractivity contribution in [2.45, 2.75) is 43.3 Å². The third kappa shape index (κ3) is 1.87. The molecule has 14 heavy (non-hydrogen) atoms. The molecule has 1 saturated heterocycles. The largest absolute Gasteiger partial charge is 0.374 e. The van der Waals surface area contributed by atoms with Gasteiger partial charge in [-0.15, -0.1) is 0 Å². The summed E-state index contributed by atoms with van der Waals surface area (Å²) in [5, 5.41) is 9.60. The van der Waals surface area contributed by atoms with E-state index in [-0.39, 0.29) is 6.54 Å². The van der Waals surface area contributed by atoms with Crippen LogP contribution in [-0.2, 0) is 4.74 Å². The summed E-state index contributed by atoms with van der Waals surface area (Å²) < 4.78 is 5.79. The molecule has 0 aromatic rings. The van der Waals surface area contributed by atoms with Crippen molar-refractivity contribution >= 4 is 8.80 Å². The van der Waals surface area contributed by atoms with Gasteiger partial charge in [-0.3, -0.25) is 0 Å². The zero-order valence-electron chi connectivity index (χ0n) is 9.12. The standard InChI is InChI=1S/C9H22N2O2Si/c1-14(2)9(8(11,12)7-10)5-3-4-6-13-9/h12,14H,3-7,10-11H2,1-2H3. The van der Waals surface area contributed by atoms with Gasteiger partial charge in [0, 0.05) is 13.2 Å². The van der Waals surface area contributed by atoms with E-state index < -0.39 is 19.7 Å². The molecule has 0 aromatic carbocycles. The van der Waals surface area contributed by atoms with Crippen molar-refractivity contribution in [1.82, 2.24) is 0 Å². The van der Waals surface area contributed by atoms with Crippen LogP contribution >= 0.6 is 0 Å². The van der Waals surface area contributed by atoms with Crippen molar-refractivity contribution in [2.24, 2.45) is 11.5 Å². The first-order valence-electron chi connectivity index (χ1n) is 5.31. The highest BCUT2D eigenvalue weighted by atomic mass is 28.3. The Morgan fingerprint density at radius 2 is 2.14 bits per heavy atom. The predicted molar refractivity (Wildman–Crippen MR) is 59.6 cm³/mol. The third-order valence-electron chi connectivity index (χ3n) is 3.28. The SMILES string of the molecule is C[SiH](C)C1(C(N)(O)CN)CCCCO1. The molecule has 84 valence electrons. The lowest BCUT2D eigenvalue weighted by atomic mass is 9.98. The predicted octanol–water partition coefficient (Wildman–Crippen LogP) is -0.442. The lowest BCUT2D eigenvalue weighted by molar-refractivity contribution is -0.151. The fourth-order valence-electron chi connectivity index (χ4n) is 2.29. The summed E-state index contributed by atoms with van der Waals surface area (Å²) in [6.45, 7) is 5.07. The first-order chi connectivity index (χ1) is 6.46. The second-order valence-electron chi connectivity index (χ2n) is 4.48. The summed E-state index contributed by atoms with van der Waals surface area (Å²) in [6.07, 6.45) is 2.98. The molecule has 0 aliphatic carbocycles. The molecule has 2 unspecified atom stereocenters. The normalized spacial score (nSPS) is 33.0. The lowest BCUT2D eigenvalue weighted by Crippen LogP contribution is -2.71. The Labute approximate surface area is 87.2 Å². The van der Waals surface area contributed by atoms with E-state index in [1.165, 1.54) is 0 Å². The fraction of sp³-hybridized carbons (Fsp3) is 1.00. The molecule has 5 heteroatoms. The van der Waals surface area contributed by atoms with E-state index in [0.29, 0.717) is 6.61 Å². The number of rotatable bonds is 3. The lowest BCUT2D eigenvalue weighted by Gasteiger charge is -2.49. The van der Waals surface area contributed by atoms with Crippen LogP contribution in [0.5, 0.6) is 0 Å². The summed E-state index contributed by atoms with van der Waals surface area (Å²) in [5.41, 5.74) is 10.0. The van der Waals surface area contributed by atoms with Gasteiger partial charge in [0.05, 0.1) is 14.0 Å². The van der Waals surface area contributed by atoms with Crippen molar-refractivity contribution in [3.05, 3.63) is 0 Å². The van der Waals surface area contributed by atoms with E-state index in [1.807, 2.05) is 0 Å². The zero-order valence-corrected chi connectivity index (χ0v) is 10.3. The fourth-order valence-corrected chi connectivity index (χ4v) is 4.64. The van der Waals surface area contributed by atoms with Gasteiger partial charge in [-0.05, 0) is 19.3 Å². The first-order valence-corrected chi connectivity index (χ1v) is 8.20. The molecular formula is C9H22N2O2Si.